The number of hydrogen-bond acceptors (Lipinski definition) is 3. The van der Waals surface area contributed by atoms with E-state index in [1.54, 1.807) is 13.3 Å². The average molecular weight is 413 g/mol. The Morgan fingerprint density at radius 1 is 1.10 bits per heavy atom. The molecule has 21 heavy (non-hydrogen) atoms. The summed E-state index contributed by atoms with van der Waals surface area (Å²) in [5, 5.41) is 0.724. The summed E-state index contributed by atoms with van der Waals surface area (Å²) < 4.78 is 12.2. The molecular formula is C16H20ClNO2Sn. The monoisotopic (exact) mass is 413 g/mol. The first-order valence-electron chi connectivity index (χ1n) is 6.81. The number of halogens is 1. The fraction of sp³-hybridized carbons (Fsp3) is 0.312. The van der Waals surface area contributed by atoms with Gasteiger partial charge in [0.25, 0.3) is 0 Å². The second-order valence-electron chi connectivity index (χ2n) is 5.89. The molecule has 1 aromatic carbocycles. The van der Waals surface area contributed by atoms with Gasteiger partial charge in [0.15, 0.2) is 0 Å². The SMILES string of the molecule is COc1ccc(COc2cnc[c]([Sn]([CH3])([CH3])[CH3])c2Cl)cc1. The van der Waals surface area contributed by atoms with Crippen LogP contribution in [0.4, 0.5) is 0 Å². The molecule has 2 aromatic rings. The van der Waals surface area contributed by atoms with E-state index in [1.807, 2.05) is 30.5 Å². The Hall–Kier alpha value is -0.941. The molecule has 112 valence electrons. The van der Waals surface area contributed by atoms with Gasteiger partial charge in [-0.25, -0.2) is 0 Å². The summed E-state index contributed by atoms with van der Waals surface area (Å²) in [6.07, 6.45) is 3.58. The summed E-state index contributed by atoms with van der Waals surface area (Å²) >= 11 is 4.21. The normalized spacial score (nSPS) is 11.3. The van der Waals surface area contributed by atoms with Gasteiger partial charge in [0.2, 0.25) is 0 Å². The van der Waals surface area contributed by atoms with Crippen LogP contribution in [0, 0.1) is 0 Å². The van der Waals surface area contributed by atoms with Crippen molar-refractivity contribution in [2.75, 3.05) is 7.11 Å². The predicted molar refractivity (Wildman–Crippen MR) is 89.6 cm³/mol. The van der Waals surface area contributed by atoms with Crippen LogP contribution < -0.4 is 13.1 Å². The van der Waals surface area contributed by atoms with E-state index >= 15 is 0 Å². The predicted octanol–water partition coefficient (Wildman–Crippen LogP) is 3.87. The number of aromatic nitrogens is 1. The molecule has 0 unspecified atom stereocenters. The number of rotatable bonds is 5. The molecule has 5 heteroatoms. The third kappa shape index (κ3) is 4.27. The van der Waals surface area contributed by atoms with Gasteiger partial charge in [0.05, 0.1) is 0 Å². The molecule has 0 N–H and O–H groups in total. The van der Waals surface area contributed by atoms with Crippen LogP contribution in [-0.2, 0) is 6.61 Å². The van der Waals surface area contributed by atoms with Crippen LogP contribution >= 0.6 is 11.6 Å². The fourth-order valence-corrected chi connectivity index (χ4v) is 7.53. The Bertz CT molecular complexity index is 609. The summed E-state index contributed by atoms with van der Waals surface area (Å²) in [4.78, 5) is 11.2. The Labute approximate surface area is 135 Å². The molecule has 0 bridgehead atoms. The molecular weight excluding hydrogens is 392 g/mol. The van der Waals surface area contributed by atoms with E-state index in [-0.39, 0.29) is 0 Å². The Morgan fingerprint density at radius 2 is 1.76 bits per heavy atom. The minimum atomic E-state index is -2.27. The fourth-order valence-electron chi connectivity index (χ4n) is 1.93. The molecule has 0 fully saturated rings. The molecule has 0 amide bonds. The molecule has 1 aromatic heterocycles. The quantitative estimate of drug-likeness (QED) is 0.699. The van der Waals surface area contributed by atoms with Crippen molar-refractivity contribution < 1.29 is 9.47 Å². The third-order valence-corrected chi connectivity index (χ3v) is 9.75. The van der Waals surface area contributed by atoms with Crippen molar-refractivity contribution in [1.82, 2.24) is 4.98 Å². The van der Waals surface area contributed by atoms with Gasteiger partial charge in [-0.05, 0) is 0 Å². The molecule has 1 heterocycles. The van der Waals surface area contributed by atoms with Gasteiger partial charge in [-0.2, -0.15) is 0 Å². The van der Waals surface area contributed by atoms with Gasteiger partial charge >= 0.3 is 135 Å². The van der Waals surface area contributed by atoms with Gasteiger partial charge in [0.1, 0.15) is 0 Å². The molecule has 2 rings (SSSR count). The third-order valence-electron chi connectivity index (χ3n) is 3.21. The first-order valence-corrected chi connectivity index (χ1v) is 17.2. The summed E-state index contributed by atoms with van der Waals surface area (Å²) in [5.74, 6) is 1.50. The van der Waals surface area contributed by atoms with Crippen molar-refractivity contribution in [1.29, 1.82) is 0 Å². The van der Waals surface area contributed by atoms with Crippen LogP contribution in [0.25, 0.3) is 0 Å². The number of pyridine rings is 1. The zero-order valence-electron chi connectivity index (χ0n) is 12.8. The van der Waals surface area contributed by atoms with Crippen LogP contribution in [-0.4, -0.2) is 30.5 Å². The second-order valence-corrected chi connectivity index (χ2v) is 20.6. The first-order chi connectivity index (χ1) is 9.91. The maximum absolute atomic E-state index is 6.47. The summed E-state index contributed by atoms with van der Waals surface area (Å²) in [6, 6.07) is 7.79. The molecule has 0 aliphatic rings. The molecule has 0 spiro atoms. The van der Waals surface area contributed by atoms with Crippen molar-refractivity contribution in [3.8, 4) is 11.5 Å². The molecule has 0 aliphatic carbocycles. The minimum absolute atomic E-state index is 0.467. The molecule has 3 nitrogen and oxygen atoms in total. The summed E-state index contributed by atoms with van der Waals surface area (Å²) in [5.41, 5.74) is 1.07. The van der Waals surface area contributed by atoms with Crippen molar-refractivity contribution in [2.24, 2.45) is 0 Å². The van der Waals surface area contributed by atoms with Crippen molar-refractivity contribution in [3.05, 3.63) is 47.2 Å². The van der Waals surface area contributed by atoms with Crippen LogP contribution in [0.2, 0.25) is 19.8 Å². The van der Waals surface area contributed by atoms with Gasteiger partial charge in [-0.1, -0.05) is 0 Å². The van der Waals surface area contributed by atoms with Crippen LogP contribution in [0.5, 0.6) is 11.5 Å². The summed E-state index contributed by atoms with van der Waals surface area (Å²) in [7, 11) is 1.65. The number of methoxy groups -OCH3 is 1. The van der Waals surface area contributed by atoms with Crippen molar-refractivity contribution in [3.63, 3.8) is 0 Å². The van der Waals surface area contributed by atoms with Crippen molar-refractivity contribution in [2.45, 2.75) is 21.4 Å². The van der Waals surface area contributed by atoms with E-state index in [0.717, 1.165) is 16.3 Å². The van der Waals surface area contributed by atoms with E-state index < -0.39 is 18.4 Å². The molecule has 0 atom stereocenters. The Morgan fingerprint density at radius 3 is 2.33 bits per heavy atom. The van der Waals surface area contributed by atoms with Crippen molar-refractivity contribution >= 4 is 33.6 Å². The van der Waals surface area contributed by atoms with Gasteiger partial charge in [-0.3, -0.25) is 0 Å². The van der Waals surface area contributed by atoms with E-state index in [0.29, 0.717) is 12.4 Å². The van der Waals surface area contributed by atoms with Gasteiger partial charge in [-0.15, -0.1) is 0 Å². The van der Waals surface area contributed by atoms with Crippen LogP contribution in [0.3, 0.4) is 0 Å². The van der Waals surface area contributed by atoms with E-state index in [9.17, 15) is 0 Å². The number of nitrogens with zero attached hydrogens (tertiary/aromatic N) is 1. The Balaban J connectivity index is 2.13. The Kier molecular flexibility index (Phi) is 5.38. The molecule has 0 saturated heterocycles. The molecule has 0 aliphatic heterocycles. The second kappa shape index (κ2) is 6.88. The maximum atomic E-state index is 6.47. The molecule has 0 radical (unpaired) electrons. The van der Waals surface area contributed by atoms with E-state index in [1.165, 1.54) is 3.58 Å². The average Bonchev–Trinajstić information content (AvgIpc) is 2.45. The van der Waals surface area contributed by atoms with Gasteiger partial charge in [0, 0.05) is 0 Å². The van der Waals surface area contributed by atoms with E-state index in [2.05, 4.69) is 19.8 Å². The number of hydrogen-bond donors (Lipinski definition) is 0. The topological polar surface area (TPSA) is 31.4 Å². The zero-order chi connectivity index (χ0) is 15.5. The van der Waals surface area contributed by atoms with Crippen LogP contribution in [0.1, 0.15) is 5.56 Å². The standard InChI is InChI=1S/C13H11ClNO2.3CH3.Sn/c1-16-11-4-2-10(3-5-11)9-17-13-8-15-7-6-12(13)14;;;;/h2-5,7-8H,9H2,1H3;3*1H3;. The first kappa shape index (κ1) is 16.4. The zero-order valence-corrected chi connectivity index (χ0v) is 16.4. The number of ether oxygens (including phenoxy) is 2. The number of benzene rings is 1. The van der Waals surface area contributed by atoms with Crippen LogP contribution in [0.15, 0.2) is 36.7 Å². The van der Waals surface area contributed by atoms with Gasteiger partial charge < -0.3 is 0 Å². The van der Waals surface area contributed by atoms with E-state index in [4.69, 9.17) is 21.1 Å². The summed E-state index contributed by atoms with van der Waals surface area (Å²) in [6.45, 7) is 0.467. The molecule has 0 saturated carbocycles.